The molecule has 2 aromatic rings. The number of hydrogen-bond acceptors (Lipinski definition) is 3. The van der Waals surface area contributed by atoms with Gasteiger partial charge in [0.15, 0.2) is 11.6 Å². The standard InChI is InChI=1S/C13H10ClFO2S/c1-7-5-11(18-13(7)14)12(16)8-3-4-10(17-2)9(15)6-8/h3-6H,1-2H3. The number of thiophene rings is 1. The Kier molecular flexibility index (Phi) is 3.68. The van der Waals surface area contributed by atoms with Gasteiger partial charge in [0.05, 0.1) is 16.3 Å². The van der Waals surface area contributed by atoms with Crippen LogP contribution in [0.25, 0.3) is 0 Å². The van der Waals surface area contributed by atoms with Crippen LogP contribution in [0.4, 0.5) is 4.39 Å². The van der Waals surface area contributed by atoms with E-state index in [0.29, 0.717) is 9.21 Å². The fourth-order valence-corrected chi connectivity index (χ4v) is 2.68. The van der Waals surface area contributed by atoms with Crippen LogP contribution in [0.1, 0.15) is 20.8 Å². The second-order valence-corrected chi connectivity index (χ2v) is 5.40. The summed E-state index contributed by atoms with van der Waals surface area (Å²) in [6.45, 7) is 1.82. The van der Waals surface area contributed by atoms with E-state index in [1.54, 1.807) is 6.07 Å². The molecule has 0 atom stereocenters. The summed E-state index contributed by atoms with van der Waals surface area (Å²) in [5.74, 6) is -0.675. The number of hydrogen-bond donors (Lipinski definition) is 0. The van der Waals surface area contributed by atoms with Crippen molar-refractivity contribution >= 4 is 28.7 Å². The van der Waals surface area contributed by atoms with Gasteiger partial charge in [0.2, 0.25) is 5.78 Å². The molecule has 0 aliphatic rings. The largest absolute Gasteiger partial charge is 0.494 e. The molecule has 1 aromatic heterocycles. The van der Waals surface area contributed by atoms with Gasteiger partial charge >= 0.3 is 0 Å². The average molecular weight is 285 g/mol. The van der Waals surface area contributed by atoms with Gasteiger partial charge in [-0.25, -0.2) is 4.39 Å². The van der Waals surface area contributed by atoms with Crippen molar-refractivity contribution in [1.29, 1.82) is 0 Å². The van der Waals surface area contributed by atoms with Crippen molar-refractivity contribution in [1.82, 2.24) is 0 Å². The molecule has 5 heteroatoms. The molecule has 1 heterocycles. The Hall–Kier alpha value is -1.39. The van der Waals surface area contributed by atoms with Gasteiger partial charge in [-0.05, 0) is 36.8 Å². The molecule has 18 heavy (non-hydrogen) atoms. The number of methoxy groups -OCH3 is 1. The summed E-state index contributed by atoms with van der Waals surface area (Å²) in [5.41, 5.74) is 1.13. The zero-order chi connectivity index (χ0) is 13.3. The van der Waals surface area contributed by atoms with Crippen molar-refractivity contribution in [2.45, 2.75) is 6.92 Å². The lowest BCUT2D eigenvalue weighted by Crippen LogP contribution is -2.00. The molecule has 1 aromatic carbocycles. The lowest BCUT2D eigenvalue weighted by atomic mass is 10.1. The number of benzene rings is 1. The molecule has 0 fully saturated rings. The molecular formula is C13H10ClFO2S. The molecule has 2 nitrogen and oxygen atoms in total. The fourth-order valence-electron chi connectivity index (χ4n) is 1.52. The highest BCUT2D eigenvalue weighted by molar-refractivity contribution is 7.18. The first kappa shape index (κ1) is 13.1. The number of rotatable bonds is 3. The van der Waals surface area contributed by atoms with Crippen molar-refractivity contribution < 1.29 is 13.9 Å². The van der Waals surface area contributed by atoms with E-state index in [0.717, 1.165) is 5.56 Å². The van der Waals surface area contributed by atoms with Crippen LogP contribution in [-0.2, 0) is 0 Å². The van der Waals surface area contributed by atoms with Gasteiger partial charge < -0.3 is 4.74 Å². The summed E-state index contributed by atoms with van der Waals surface area (Å²) in [7, 11) is 1.38. The molecule has 0 aliphatic heterocycles. The second kappa shape index (κ2) is 5.08. The average Bonchev–Trinajstić information content (AvgIpc) is 2.68. The fraction of sp³-hybridized carbons (Fsp3) is 0.154. The summed E-state index contributed by atoms with van der Waals surface area (Å²) < 4.78 is 18.9. The van der Waals surface area contributed by atoms with Gasteiger partial charge in [-0.2, -0.15) is 0 Å². The molecule has 0 N–H and O–H groups in total. The zero-order valence-electron chi connectivity index (χ0n) is 9.79. The van der Waals surface area contributed by atoms with Crippen LogP contribution >= 0.6 is 22.9 Å². The number of carbonyl (C=O) groups is 1. The molecule has 0 saturated carbocycles. The predicted octanol–water partition coefficient (Wildman–Crippen LogP) is 4.09. The van der Waals surface area contributed by atoms with Crippen LogP contribution in [0.2, 0.25) is 4.34 Å². The Morgan fingerprint density at radius 3 is 2.61 bits per heavy atom. The summed E-state index contributed by atoms with van der Waals surface area (Å²) in [5, 5.41) is 0. The van der Waals surface area contributed by atoms with E-state index in [1.807, 2.05) is 6.92 Å². The van der Waals surface area contributed by atoms with E-state index < -0.39 is 5.82 Å². The van der Waals surface area contributed by atoms with Crippen LogP contribution in [0.5, 0.6) is 5.75 Å². The first-order chi connectivity index (χ1) is 8.52. The minimum Gasteiger partial charge on any atom is -0.494 e. The topological polar surface area (TPSA) is 26.3 Å². The van der Waals surface area contributed by atoms with E-state index in [9.17, 15) is 9.18 Å². The van der Waals surface area contributed by atoms with E-state index in [4.69, 9.17) is 16.3 Å². The Balaban J connectivity index is 2.37. The molecule has 0 spiro atoms. The van der Waals surface area contributed by atoms with Crippen LogP contribution in [0.15, 0.2) is 24.3 Å². The summed E-state index contributed by atoms with van der Waals surface area (Å²) in [4.78, 5) is 12.6. The number of ketones is 1. The van der Waals surface area contributed by atoms with Gasteiger partial charge in [0, 0.05) is 5.56 Å². The highest BCUT2D eigenvalue weighted by Crippen LogP contribution is 2.29. The molecular weight excluding hydrogens is 275 g/mol. The molecule has 2 rings (SSSR count). The maximum Gasteiger partial charge on any atom is 0.203 e. The molecule has 0 aliphatic carbocycles. The third-order valence-electron chi connectivity index (χ3n) is 2.49. The zero-order valence-corrected chi connectivity index (χ0v) is 11.4. The van der Waals surface area contributed by atoms with Crippen molar-refractivity contribution in [3.8, 4) is 5.75 Å². The molecule has 0 unspecified atom stereocenters. The van der Waals surface area contributed by atoms with Gasteiger partial charge in [-0.3, -0.25) is 4.79 Å². The first-order valence-electron chi connectivity index (χ1n) is 5.17. The molecule has 94 valence electrons. The predicted molar refractivity (Wildman–Crippen MR) is 70.5 cm³/mol. The first-order valence-corrected chi connectivity index (χ1v) is 6.36. The Bertz CT molecular complexity index is 588. The van der Waals surface area contributed by atoms with Crippen LogP contribution in [0.3, 0.4) is 0 Å². The maximum absolute atomic E-state index is 13.5. The normalized spacial score (nSPS) is 10.4. The smallest absolute Gasteiger partial charge is 0.203 e. The number of carbonyl (C=O) groups excluding carboxylic acids is 1. The number of aryl methyl sites for hydroxylation is 1. The minimum atomic E-state index is -0.553. The van der Waals surface area contributed by atoms with E-state index >= 15 is 0 Å². The monoisotopic (exact) mass is 284 g/mol. The van der Waals surface area contributed by atoms with Gasteiger partial charge in [-0.1, -0.05) is 11.6 Å². The van der Waals surface area contributed by atoms with E-state index in [2.05, 4.69) is 0 Å². The Labute approximate surface area is 113 Å². The van der Waals surface area contributed by atoms with Crippen LogP contribution in [0, 0.1) is 12.7 Å². The highest BCUT2D eigenvalue weighted by Gasteiger charge is 2.15. The summed E-state index contributed by atoms with van der Waals surface area (Å²) >= 11 is 7.11. The SMILES string of the molecule is COc1ccc(C(=O)c2cc(C)c(Cl)s2)cc1F. The number of halogens is 2. The van der Waals surface area contributed by atoms with Gasteiger partial charge in [0.25, 0.3) is 0 Å². The van der Waals surface area contributed by atoms with Gasteiger partial charge in [-0.15, -0.1) is 11.3 Å². The molecule has 0 saturated heterocycles. The molecule has 0 bridgehead atoms. The number of ether oxygens (including phenoxy) is 1. The maximum atomic E-state index is 13.5. The second-order valence-electron chi connectivity index (χ2n) is 3.75. The quantitative estimate of drug-likeness (QED) is 0.794. The summed E-state index contributed by atoms with van der Waals surface area (Å²) in [6.07, 6.45) is 0. The van der Waals surface area contributed by atoms with Crippen LogP contribution < -0.4 is 4.74 Å². The van der Waals surface area contributed by atoms with Gasteiger partial charge in [0.1, 0.15) is 0 Å². The third-order valence-corrected chi connectivity index (χ3v) is 4.05. The lowest BCUT2D eigenvalue weighted by molar-refractivity contribution is 0.104. The van der Waals surface area contributed by atoms with Crippen LogP contribution in [-0.4, -0.2) is 12.9 Å². The minimum absolute atomic E-state index is 0.118. The van der Waals surface area contributed by atoms with Crippen molar-refractivity contribution in [2.75, 3.05) is 7.11 Å². The molecule has 0 radical (unpaired) electrons. The molecule has 0 amide bonds. The lowest BCUT2D eigenvalue weighted by Gasteiger charge is -2.03. The van der Waals surface area contributed by atoms with E-state index in [1.165, 1.54) is 36.6 Å². The third kappa shape index (κ3) is 2.40. The summed E-state index contributed by atoms with van der Waals surface area (Å²) in [6, 6.07) is 5.85. The Morgan fingerprint density at radius 1 is 1.39 bits per heavy atom. The van der Waals surface area contributed by atoms with E-state index in [-0.39, 0.29) is 17.1 Å². The highest BCUT2D eigenvalue weighted by atomic mass is 35.5. The Morgan fingerprint density at radius 2 is 2.11 bits per heavy atom. The van der Waals surface area contributed by atoms with Crippen molar-refractivity contribution in [3.63, 3.8) is 0 Å². The van der Waals surface area contributed by atoms with Crippen molar-refractivity contribution in [2.24, 2.45) is 0 Å². The van der Waals surface area contributed by atoms with Crippen molar-refractivity contribution in [3.05, 3.63) is 50.4 Å².